The Bertz CT molecular complexity index is 576. The maximum absolute atomic E-state index is 12.6. The summed E-state index contributed by atoms with van der Waals surface area (Å²) in [6.45, 7) is 0. The molecule has 0 aliphatic heterocycles. The molecule has 0 unspecified atom stereocenters. The molecule has 0 aliphatic carbocycles. The van der Waals surface area contributed by atoms with Gasteiger partial charge in [-0.05, 0) is 0 Å². The lowest BCUT2D eigenvalue weighted by Gasteiger charge is -2.30. The van der Waals surface area contributed by atoms with Crippen molar-refractivity contribution in [1.29, 1.82) is 0 Å². The summed E-state index contributed by atoms with van der Waals surface area (Å²) in [7, 11) is -7.65. The largest absolute Gasteiger partial charge is 0.496 e. The minimum absolute atomic E-state index is 1.52. The summed E-state index contributed by atoms with van der Waals surface area (Å²) in [5, 5.41) is -7.08. The molecule has 0 radical (unpaired) electrons. The highest BCUT2D eigenvalue weighted by atomic mass is 32.3. The predicted octanol–water partition coefficient (Wildman–Crippen LogP) is 3.73. The molecule has 17 heteroatoms. The molecule has 4 nitrogen and oxygen atoms in total. The number of halogens is 12. The summed E-state index contributed by atoms with van der Waals surface area (Å²) in [4.78, 5) is 0. The molecule has 0 aromatic heterocycles. The maximum Gasteiger partial charge on any atom is 0.496 e. The Morgan fingerprint density at radius 3 is 1.43 bits per heavy atom. The summed E-state index contributed by atoms with van der Waals surface area (Å²) in [5.41, 5.74) is 0. The molecule has 0 atom stereocenters. The first-order valence-electron chi connectivity index (χ1n) is 4.34. The zero-order valence-electron chi connectivity index (χ0n) is 9.58. The molecule has 0 heterocycles. The highest BCUT2D eigenvalue weighted by Gasteiger charge is 2.76. The SMILES string of the molecule is O=S(=O)(F)C(F)(F)C(F)(F)OC(F)(F)C(F)(F)OC(F)=C(F)F. The van der Waals surface area contributed by atoms with Gasteiger partial charge in [-0.2, -0.15) is 56.7 Å². The van der Waals surface area contributed by atoms with Crippen LogP contribution < -0.4 is 0 Å². The summed E-state index contributed by atoms with van der Waals surface area (Å²) in [5.74, 6) is 0. The highest BCUT2D eigenvalue weighted by Crippen LogP contribution is 2.48. The minimum atomic E-state index is -7.65. The molecule has 0 rings (SSSR count). The predicted molar refractivity (Wildman–Crippen MR) is 42.3 cm³/mol. The van der Waals surface area contributed by atoms with Crippen molar-refractivity contribution in [2.24, 2.45) is 0 Å². The first-order valence-corrected chi connectivity index (χ1v) is 5.72. The van der Waals surface area contributed by atoms with Gasteiger partial charge in [0.05, 0.1) is 0 Å². The summed E-state index contributed by atoms with van der Waals surface area (Å²) in [6.07, 6.45) is -24.7. The second-order valence-corrected chi connectivity index (χ2v) is 4.63. The van der Waals surface area contributed by atoms with E-state index in [4.69, 9.17) is 0 Å². The van der Waals surface area contributed by atoms with Crippen molar-refractivity contribution >= 4 is 10.2 Å². The Kier molecular flexibility index (Phi) is 5.56. The van der Waals surface area contributed by atoms with Crippen LogP contribution in [0.5, 0.6) is 0 Å². The Labute approximate surface area is 117 Å². The maximum atomic E-state index is 12.6. The molecule has 23 heavy (non-hydrogen) atoms. The summed E-state index contributed by atoms with van der Waals surface area (Å²) >= 11 is 0. The van der Waals surface area contributed by atoms with Crippen molar-refractivity contribution in [3.63, 3.8) is 0 Å². The first-order chi connectivity index (χ1) is 9.78. The number of ether oxygens (including phenoxy) is 2. The van der Waals surface area contributed by atoms with Gasteiger partial charge in [0.25, 0.3) is 0 Å². The molecular weight excluding hydrogens is 396 g/mol. The van der Waals surface area contributed by atoms with Crippen LogP contribution in [-0.4, -0.2) is 32.0 Å². The Balaban J connectivity index is 5.67. The van der Waals surface area contributed by atoms with E-state index in [0.717, 1.165) is 0 Å². The van der Waals surface area contributed by atoms with E-state index in [0.29, 0.717) is 0 Å². The van der Waals surface area contributed by atoms with Crippen molar-refractivity contribution in [1.82, 2.24) is 0 Å². The van der Waals surface area contributed by atoms with Crippen LogP contribution in [0.4, 0.5) is 52.2 Å². The van der Waals surface area contributed by atoms with Gasteiger partial charge in [0.15, 0.2) is 0 Å². The Morgan fingerprint density at radius 1 is 0.739 bits per heavy atom. The zero-order valence-corrected chi connectivity index (χ0v) is 10.4. The lowest BCUT2D eigenvalue weighted by atomic mass is 10.5. The second kappa shape index (κ2) is 5.91. The van der Waals surface area contributed by atoms with E-state index in [9.17, 15) is 60.6 Å². The van der Waals surface area contributed by atoms with E-state index in [1.54, 1.807) is 0 Å². The molecule has 0 saturated carbocycles. The molecule has 0 aromatic rings. The van der Waals surface area contributed by atoms with E-state index >= 15 is 0 Å². The van der Waals surface area contributed by atoms with Crippen molar-refractivity contribution in [3.8, 4) is 0 Å². The Morgan fingerprint density at radius 2 is 1.13 bits per heavy atom. The molecule has 0 saturated heterocycles. The van der Waals surface area contributed by atoms with Crippen LogP contribution in [-0.2, 0) is 19.7 Å². The van der Waals surface area contributed by atoms with Crippen LogP contribution >= 0.6 is 0 Å². The van der Waals surface area contributed by atoms with Crippen LogP contribution in [0.25, 0.3) is 0 Å². The van der Waals surface area contributed by atoms with Crippen molar-refractivity contribution in [2.45, 2.75) is 23.6 Å². The fourth-order valence-corrected chi connectivity index (χ4v) is 0.958. The molecule has 0 aromatic carbocycles. The molecule has 0 N–H and O–H groups in total. The third-order valence-corrected chi connectivity index (χ3v) is 2.46. The summed E-state index contributed by atoms with van der Waals surface area (Å²) < 4.78 is 169. The standard InChI is InChI=1S/C6F12O4S/c7-1(8)2(9)21-3(10,11)4(12,13)22-5(14,15)6(16,17)23(18,19)20. The lowest BCUT2D eigenvalue weighted by molar-refractivity contribution is -0.493. The van der Waals surface area contributed by atoms with Crippen molar-refractivity contribution in [2.75, 3.05) is 0 Å². The minimum Gasteiger partial charge on any atom is -0.396 e. The zero-order chi connectivity index (χ0) is 19.1. The van der Waals surface area contributed by atoms with Crippen LogP contribution in [0.3, 0.4) is 0 Å². The van der Waals surface area contributed by atoms with Crippen LogP contribution in [0, 0.1) is 0 Å². The molecule has 0 fully saturated rings. The van der Waals surface area contributed by atoms with Crippen molar-refractivity contribution < 1.29 is 70.1 Å². The average molecular weight is 396 g/mol. The first kappa shape index (κ1) is 21.6. The Hall–Kier alpha value is -1.39. The monoisotopic (exact) mass is 396 g/mol. The van der Waals surface area contributed by atoms with Gasteiger partial charge >= 0.3 is 45.9 Å². The fourth-order valence-electron chi connectivity index (χ4n) is 0.632. The van der Waals surface area contributed by atoms with Gasteiger partial charge in [0, 0.05) is 0 Å². The van der Waals surface area contributed by atoms with E-state index < -0.39 is 45.9 Å². The van der Waals surface area contributed by atoms with Crippen LogP contribution in [0.2, 0.25) is 0 Å². The highest BCUT2D eigenvalue weighted by molar-refractivity contribution is 7.87. The third kappa shape index (κ3) is 4.33. The van der Waals surface area contributed by atoms with Gasteiger partial charge in [-0.3, -0.25) is 0 Å². The van der Waals surface area contributed by atoms with Gasteiger partial charge in [0.1, 0.15) is 0 Å². The van der Waals surface area contributed by atoms with Gasteiger partial charge < -0.3 is 4.74 Å². The van der Waals surface area contributed by atoms with E-state index in [1.165, 1.54) is 4.74 Å². The fraction of sp³-hybridized carbons (Fsp3) is 0.667. The number of alkyl halides is 8. The summed E-state index contributed by atoms with van der Waals surface area (Å²) in [6, 6.07) is -3.72. The van der Waals surface area contributed by atoms with E-state index in [-0.39, 0.29) is 0 Å². The van der Waals surface area contributed by atoms with Gasteiger partial charge in [0.2, 0.25) is 0 Å². The molecule has 0 aliphatic rings. The van der Waals surface area contributed by atoms with Gasteiger partial charge in [-0.15, -0.1) is 0 Å². The van der Waals surface area contributed by atoms with Crippen LogP contribution in [0.1, 0.15) is 0 Å². The quantitative estimate of drug-likeness (QED) is 0.374. The van der Waals surface area contributed by atoms with Crippen LogP contribution in [0.15, 0.2) is 12.1 Å². The van der Waals surface area contributed by atoms with Gasteiger partial charge in [-0.25, -0.2) is 4.74 Å². The molecule has 0 spiro atoms. The smallest absolute Gasteiger partial charge is 0.396 e. The van der Waals surface area contributed by atoms with Crippen molar-refractivity contribution in [3.05, 3.63) is 12.1 Å². The topological polar surface area (TPSA) is 52.6 Å². The number of hydrogen-bond donors (Lipinski definition) is 0. The number of rotatable bonds is 7. The van der Waals surface area contributed by atoms with E-state index in [2.05, 4.69) is 0 Å². The lowest BCUT2D eigenvalue weighted by Crippen LogP contribution is -2.55. The normalized spacial score (nSPS) is 14.6. The molecular formula is C6F12O4S. The molecule has 0 amide bonds. The molecule has 138 valence electrons. The average Bonchev–Trinajstić information content (AvgIpc) is 2.24. The van der Waals surface area contributed by atoms with E-state index in [1.807, 2.05) is 4.74 Å². The van der Waals surface area contributed by atoms with Gasteiger partial charge in [-0.1, -0.05) is 3.89 Å². The number of hydrogen-bond acceptors (Lipinski definition) is 4. The third-order valence-electron chi connectivity index (χ3n) is 1.61. The second-order valence-electron chi connectivity index (χ2n) is 3.24. The molecule has 0 bridgehead atoms.